The molecule has 0 radical (unpaired) electrons. The fourth-order valence-electron chi connectivity index (χ4n) is 5.89. The number of nitrogens with zero attached hydrogens (tertiary/aromatic N) is 3. The summed E-state index contributed by atoms with van der Waals surface area (Å²) in [7, 11) is 4.78. The Labute approximate surface area is 298 Å². The van der Waals surface area contributed by atoms with Crippen LogP contribution in [0.5, 0.6) is 11.5 Å². The van der Waals surface area contributed by atoms with Crippen LogP contribution in [-0.4, -0.2) is 82.9 Å². The molecule has 3 aromatic carbocycles. The van der Waals surface area contributed by atoms with Crippen LogP contribution in [0.4, 0.5) is 5.82 Å². The molecular weight excluding hydrogens is 647 g/mol. The van der Waals surface area contributed by atoms with E-state index in [4.69, 9.17) is 23.4 Å². The van der Waals surface area contributed by atoms with Gasteiger partial charge in [-0.25, -0.2) is 9.98 Å². The van der Waals surface area contributed by atoms with E-state index in [0.29, 0.717) is 5.82 Å². The van der Waals surface area contributed by atoms with Crippen molar-refractivity contribution < 1.29 is 28.5 Å². The van der Waals surface area contributed by atoms with Gasteiger partial charge in [-0.05, 0) is 65.2 Å². The summed E-state index contributed by atoms with van der Waals surface area (Å²) in [4.78, 5) is 10.8. The maximum absolute atomic E-state index is 12.1. The van der Waals surface area contributed by atoms with Crippen molar-refractivity contribution in [1.82, 2.24) is 9.88 Å². The van der Waals surface area contributed by atoms with Gasteiger partial charge >= 0.3 is 0 Å². The maximum atomic E-state index is 12.1. The maximum Gasteiger partial charge on any atom is 0.192 e. The molecule has 10 heteroatoms. The van der Waals surface area contributed by atoms with Gasteiger partial charge in [0.1, 0.15) is 41.5 Å². The number of hydrogen-bond donors (Lipinski definition) is 1. The molecule has 1 saturated heterocycles. The van der Waals surface area contributed by atoms with Crippen molar-refractivity contribution in [3.63, 3.8) is 0 Å². The number of rotatable bonds is 13. The highest BCUT2D eigenvalue weighted by atomic mass is 28.4. The third kappa shape index (κ3) is 7.95. The second-order valence-electron chi connectivity index (χ2n) is 14.4. The average Bonchev–Trinajstić information content (AvgIpc) is 3.41. The van der Waals surface area contributed by atoms with Gasteiger partial charge in [0.2, 0.25) is 0 Å². The molecule has 1 aliphatic heterocycles. The van der Waals surface area contributed by atoms with Crippen LogP contribution in [0.25, 0.3) is 0 Å². The predicted molar refractivity (Wildman–Crippen MR) is 200 cm³/mol. The second-order valence-corrected chi connectivity index (χ2v) is 19.2. The summed E-state index contributed by atoms with van der Waals surface area (Å²) >= 11 is 0. The van der Waals surface area contributed by atoms with Gasteiger partial charge in [-0.15, -0.1) is 0 Å². The molecule has 0 bridgehead atoms. The van der Waals surface area contributed by atoms with Crippen LogP contribution in [0.2, 0.25) is 18.1 Å². The molecule has 0 aliphatic carbocycles. The molecule has 0 spiro atoms. The van der Waals surface area contributed by atoms with Crippen molar-refractivity contribution in [3.05, 3.63) is 119 Å². The Bertz CT molecular complexity index is 1640. The predicted octanol–water partition coefficient (Wildman–Crippen LogP) is 7.52. The van der Waals surface area contributed by atoms with Gasteiger partial charge in [0.05, 0.1) is 27.2 Å². The Kier molecular flexibility index (Phi) is 11.5. The van der Waals surface area contributed by atoms with E-state index in [1.54, 1.807) is 26.8 Å². The number of aliphatic hydroxyl groups excluding tert-OH is 1. The fraction of sp³-hybridized carbons (Fsp3) is 0.400. The molecule has 4 atom stereocenters. The zero-order valence-electron chi connectivity index (χ0n) is 30.7. The molecule has 0 amide bonds. The van der Waals surface area contributed by atoms with Gasteiger partial charge in [-0.1, -0.05) is 81.4 Å². The number of aliphatic imine (C=N–C) groups is 1. The average molecular weight is 698 g/mol. The minimum Gasteiger partial charge on any atom is -0.497 e. The SMILES string of the molecule is COc1ccc(C(OC[C@H]2O[C@@H](c3ccc(N=CN(C)C)nc3)[C@H](O[Si](C)(C)C(C)(C)C)[C@@H]2O)(c2ccccc2)c2ccc(OC)cc2)cc1. The Morgan fingerprint density at radius 3 is 1.88 bits per heavy atom. The van der Waals surface area contributed by atoms with Gasteiger partial charge in [-0.2, -0.15) is 0 Å². The first-order valence-corrected chi connectivity index (χ1v) is 19.9. The van der Waals surface area contributed by atoms with Gasteiger partial charge in [0.15, 0.2) is 14.1 Å². The van der Waals surface area contributed by atoms with Crippen molar-refractivity contribution in [2.24, 2.45) is 4.99 Å². The Morgan fingerprint density at radius 2 is 1.40 bits per heavy atom. The molecule has 4 aromatic rings. The van der Waals surface area contributed by atoms with Crippen LogP contribution in [0, 0.1) is 0 Å². The van der Waals surface area contributed by atoms with Crippen LogP contribution >= 0.6 is 0 Å². The summed E-state index contributed by atoms with van der Waals surface area (Å²) in [6.45, 7) is 11.0. The number of aromatic nitrogens is 1. The molecular formula is C40H51N3O6Si. The van der Waals surface area contributed by atoms with Crippen LogP contribution < -0.4 is 9.47 Å². The molecule has 0 unspecified atom stereocenters. The van der Waals surface area contributed by atoms with Crippen molar-refractivity contribution >= 4 is 20.5 Å². The summed E-state index contributed by atoms with van der Waals surface area (Å²) in [5.41, 5.74) is 2.45. The summed E-state index contributed by atoms with van der Waals surface area (Å²) in [5.74, 6) is 2.05. The van der Waals surface area contributed by atoms with Gasteiger partial charge in [0.25, 0.3) is 0 Å². The zero-order valence-corrected chi connectivity index (χ0v) is 31.7. The van der Waals surface area contributed by atoms with Gasteiger partial charge in [0, 0.05) is 25.9 Å². The quantitative estimate of drug-likeness (QED) is 0.0664. The van der Waals surface area contributed by atoms with Crippen LogP contribution in [-0.2, 0) is 19.5 Å². The lowest BCUT2D eigenvalue weighted by molar-refractivity contribution is -0.0828. The zero-order chi connectivity index (χ0) is 36.1. The number of benzene rings is 3. The summed E-state index contributed by atoms with van der Waals surface area (Å²) in [5, 5.41) is 12.0. The van der Waals surface area contributed by atoms with Crippen molar-refractivity contribution in [2.45, 2.75) is 68.9 Å². The lowest BCUT2D eigenvalue weighted by Crippen LogP contribution is -2.48. The number of methoxy groups -OCH3 is 2. The molecule has 1 aromatic heterocycles. The monoisotopic (exact) mass is 697 g/mol. The molecule has 2 heterocycles. The Hall–Kier alpha value is -4.06. The van der Waals surface area contributed by atoms with Crippen molar-refractivity contribution in [3.8, 4) is 11.5 Å². The molecule has 1 N–H and O–H groups in total. The first kappa shape index (κ1) is 37.2. The highest BCUT2D eigenvalue weighted by molar-refractivity contribution is 6.74. The van der Waals surface area contributed by atoms with E-state index >= 15 is 0 Å². The van der Waals surface area contributed by atoms with E-state index in [-0.39, 0.29) is 11.6 Å². The first-order valence-electron chi connectivity index (χ1n) is 17.0. The van der Waals surface area contributed by atoms with E-state index in [1.807, 2.05) is 97.9 Å². The largest absolute Gasteiger partial charge is 0.497 e. The summed E-state index contributed by atoms with van der Waals surface area (Å²) in [6, 6.07) is 29.7. The lowest BCUT2D eigenvalue weighted by Gasteiger charge is -2.40. The van der Waals surface area contributed by atoms with Crippen LogP contribution in [0.1, 0.15) is 49.1 Å². The van der Waals surface area contributed by atoms with Gasteiger partial charge in [-0.3, -0.25) is 0 Å². The number of ether oxygens (including phenoxy) is 4. The van der Waals surface area contributed by atoms with E-state index in [0.717, 1.165) is 33.8 Å². The van der Waals surface area contributed by atoms with E-state index in [1.165, 1.54) is 0 Å². The van der Waals surface area contributed by atoms with Crippen molar-refractivity contribution in [2.75, 3.05) is 34.9 Å². The number of aliphatic hydroxyl groups is 1. The lowest BCUT2D eigenvalue weighted by atomic mass is 9.80. The molecule has 266 valence electrons. The third-order valence-electron chi connectivity index (χ3n) is 9.73. The molecule has 1 aliphatic rings. The fourth-order valence-corrected chi connectivity index (χ4v) is 7.19. The molecule has 0 saturated carbocycles. The normalized spacial score (nSPS) is 19.9. The number of pyridine rings is 1. The highest BCUT2D eigenvalue weighted by Gasteiger charge is 2.51. The van der Waals surface area contributed by atoms with E-state index in [9.17, 15) is 5.11 Å². The minimum absolute atomic E-state index is 0.0701. The highest BCUT2D eigenvalue weighted by Crippen LogP contribution is 2.46. The molecule has 9 nitrogen and oxygen atoms in total. The van der Waals surface area contributed by atoms with E-state index in [2.05, 4.69) is 56.0 Å². The number of hydrogen-bond acceptors (Lipinski definition) is 8. The molecule has 1 fully saturated rings. The standard InChI is InChI=1S/C40H51N3O6Si/c1-39(2,3)50(8,9)49-38-36(44)34(48-37(38)28-15-24-35(41-25-28)42-27-43(4)5)26-47-40(29-13-11-10-12-14-29,30-16-20-32(45-6)21-17-30)31-18-22-33(46-7)23-19-31/h10-25,27,34,36-38,44H,26H2,1-9H3/t34-,36-,37+,38-/m1/s1. The first-order chi connectivity index (χ1) is 23.8. The molecule has 5 rings (SSSR count). The van der Waals surface area contributed by atoms with Crippen LogP contribution in [0.3, 0.4) is 0 Å². The van der Waals surface area contributed by atoms with Gasteiger partial charge < -0.3 is 33.4 Å². The summed E-state index contributed by atoms with van der Waals surface area (Å²) in [6.07, 6.45) is 0.588. The third-order valence-corrected chi connectivity index (χ3v) is 14.2. The Balaban J connectivity index is 1.55. The van der Waals surface area contributed by atoms with Crippen LogP contribution in [0.15, 0.2) is 102 Å². The van der Waals surface area contributed by atoms with E-state index < -0.39 is 38.3 Å². The molecule has 50 heavy (non-hydrogen) atoms. The Morgan fingerprint density at radius 1 is 0.840 bits per heavy atom. The second kappa shape index (κ2) is 15.4. The summed E-state index contributed by atoms with van der Waals surface area (Å²) < 4.78 is 31.8. The topological polar surface area (TPSA) is 94.9 Å². The van der Waals surface area contributed by atoms with Crippen molar-refractivity contribution in [1.29, 1.82) is 0 Å². The minimum atomic E-state index is -2.34. The smallest absolute Gasteiger partial charge is 0.192 e.